The molecule has 0 atom stereocenters. The highest BCUT2D eigenvalue weighted by Crippen LogP contribution is 2.28. The summed E-state index contributed by atoms with van der Waals surface area (Å²) in [4.78, 5) is 12.0. The number of halogens is 1. The molecule has 0 radical (unpaired) electrons. The molecule has 6 nitrogen and oxygen atoms in total. The molecule has 0 aliphatic heterocycles. The minimum atomic E-state index is -3.65. The number of anilines is 2. The maximum Gasteiger partial charge on any atom is 0.363 e. The van der Waals surface area contributed by atoms with Crippen LogP contribution in [0, 0.1) is 0 Å². The van der Waals surface area contributed by atoms with Crippen molar-refractivity contribution in [2.75, 3.05) is 28.7 Å². The average molecular weight is 331 g/mol. The summed E-state index contributed by atoms with van der Waals surface area (Å²) < 4.78 is 31.3. The number of fused-ring (bicyclic) bond motifs is 1. The van der Waals surface area contributed by atoms with Crippen LogP contribution >= 0.6 is 11.6 Å². The van der Waals surface area contributed by atoms with Gasteiger partial charge in [-0.25, -0.2) is 13.2 Å². The molecule has 0 unspecified atom stereocenters. The van der Waals surface area contributed by atoms with E-state index in [1.165, 1.54) is 0 Å². The molecule has 0 saturated carbocycles. The third-order valence-corrected chi connectivity index (χ3v) is 4.48. The van der Waals surface area contributed by atoms with Gasteiger partial charge >= 0.3 is 5.63 Å². The lowest BCUT2D eigenvalue weighted by Gasteiger charge is -2.12. The normalized spacial score (nSPS) is 11.5. The van der Waals surface area contributed by atoms with Gasteiger partial charge in [0.2, 0.25) is 10.0 Å². The molecule has 2 N–H and O–H groups in total. The van der Waals surface area contributed by atoms with E-state index in [0.717, 1.165) is 0 Å². The van der Waals surface area contributed by atoms with Gasteiger partial charge in [0.1, 0.15) is 5.58 Å². The maximum atomic E-state index is 12.0. The van der Waals surface area contributed by atoms with E-state index < -0.39 is 15.6 Å². The fraction of sp³-hybridized carbons (Fsp3) is 0.308. The summed E-state index contributed by atoms with van der Waals surface area (Å²) in [7, 11) is -2.05. The Morgan fingerprint density at radius 1 is 1.24 bits per heavy atom. The lowest BCUT2D eigenvalue weighted by atomic mass is 10.2. The summed E-state index contributed by atoms with van der Waals surface area (Å²) in [6.07, 6.45) is 0.296. The predicted octanol–water partition coefficient (Wildman–Crippen LogP) is 2.21. The third kappa shape index (κ3) is 3.48. The number of nitrogens with one attached hydrogen (secondary N) is 2. The molecular weight excluding hydrogens is 316 g/mol. The van der Waals surface area contributed by atoms with Gasteiger partial charge in [0, 0.05) is 18.3 Å². The predicted molar refractivity (Wildman–Crippen MR) is 84.8 cm³/mol. The second-order valence-electron chi connectivity index (χ2n) is 4.35. The minimum Gasteiger partial charge on any atom is -0.421 e. The smallest absolute Gasteiger partial charge is 0.363 e. The highest BCUT2D eigenvalue weighted by Gasteiger charge is 2.19. The first-order chi connectivity index (χ1) is 9.98. The zero-order chi connectivity index (χ0) is 15.5. The molecular formula is C13H15ClN2O4S. The van der Waals surface area contributed by atoms with Crippen LogP contribution in [0.2, 0.25) is 0 Å². The molecule has 0 aliphatic carbocycles. The van der Waals surface area contributed by atoms with Crippen LogP contribution in [0.1, 0.15) is 6.42 Å². The van der Waals surface area contributed by atoms with Gasteiger partial charge in [-0.05, 0) is 18.6 Å². The molecule has 0 spiro atoms. The van der Waals surface area contributed by atoms with Gasteiger partial charge in [0.25, 0.3) is 0 Å². The van der Waals surface area contributed by atoms with E-state index in [-0.39, 0.29) is 17.3 Å². The van der Waals surface area contributed by atoms with Crippen LogP contribution in [0.4, 0.5) is 11.4 Å². The van der Waals surface area contributed by atoms with Crippen molar-refractivity contribution in [2.24, 2.45) is 0 Å². The Hall–Kier alpha value is -1.73. The van der Waals surface area contributed by atoms with Crippen LogP contribution in [0.25, 0.3) is 11.0 Å². The quantitative estimate of drug-likeness (QED) is 0.626. The van der Waals surface area contributed by atoms with Crippen LogP contribution < -0.4 is 15.7 Å². The topological polar surface area (TPSA) is 88.4 Å². The number of sulfonamides is 1. The molecule has 0 aliphatic rings. The van der Waals surface area contributed by atoms with Gasteiger partial charge in [-0.3, -0.25) is 4.72 Å². The summed E-state index contributed by atoms with van der Waals surface area (Å²) in [6.45, 7) is 0. The number of alkyl halides is 1. The lowest BCUT2D eigenvalue weighted by molar-refractivity contribution is 0.563. The van der Waals surface area contributed by atoms with Crippen molar-refractivity contribution in [1.82, 2.24) is 0 Å². The third-order valence-electron chi connectivity index (χ3n) is 2.87. The number of rotatable bonds is 6. The fourth-order valence-electron chi connectivity index (χ4n) is 1.95. The van der Waals surface area contributed by atoms with Crippen LogP contribution in [0.3, 0.4) is 0 Å². The van der Waals surface area contributed by atoms with Gasteiger partial charge in [-0.2, -0.15) is 0 Å². The van der Waals surface area contributed by atoms with Gasteiger partial charge in [-0.15, -0.1) is 11.6 Å². The molecule has 1 heterocycles. The van der Waals surface area contributed by atoms with Crippen molar-refractivity contribution in [1.29, 1.82) is 0 Å². The van der Waals surface area contributed by atoms with Gasteiger partial charge < -0.3 is 9.73 Å². The van der Waals surface area contributed by atoms with Crippen molar-refractivity contribution < 1.29 is 12.8 Å². The van der Waals surface area contributed by atoms with Crippen molar-refractivity contribution in [3.8, 4) is 0 Å². The Morgan fingerprint density at radius 3 is 2.62 bits per heavy atom. The fourth-order valence-corrected chi connectivity index (χ4v) is 3.37. The molecule has 0 amide bonds. The van der Waals surface area contributed by atoms with Gasteiger partial charge in [0.05, 0.1) is 11.4 Å². The van der Waals surface area contributed by atoms with Crippen LogP contribution in [-0.4, -0.2) is 27.1 Å². The summed E-state index contributed by atoms with van der Waals surface area (Å²) in [6, 6.07) is 6.88. The molecule has 0 fully saturated rings. The second-order valence-corrected chi connectivity index (χ2v) is 6.57. The highest BCUT2D eigenvalue weighted by atomic mass is 35.5. The van der Waals surface area contributed by atoms with Crippen molar-refractivity contribution >= 4 is 44.0 Å². The number of hydrogen-bond acceptors (Lipinski definition) is 5. The van der Waals surface area contributed by atoms with E-state index in [4.69, 9.17) is 16.0 Å². The van der Waals surface area contributed by atoms with E-state index in [1.54, 1.807) is 31.3 Å². The number of hydrogen-bond donors (Lipinski definition) is 2. The van der Waals surface area contributed by atoms with Crippen LogP contribution in [0.5, 0.6) is 0 Å². The first-order valence-corrected chi connectivity index (χ1v) is 8.47. The number of para-hydroxylation sites is 1. The molecule has 0 saturated heterocycles. The summed E-state index contributed by atoms with van der Waals surface area (Å²) in [5.41, 5.74) is -0.0925. The standard InChI is InChI=1S/C13H15ClN2O4S/c1-15-11-9-5-2-3-6-10(9)20-13(17)12(11)16-21(18,19)8-4-7-14/h2-3,5-6,15-16H,4,7-8H2,1H3. The zero-order valence-electron chi connectivity index (χ0n) is 11.3. The lowest BCUT2D eigenvalue weighted by Crippen LogP contribution is -2.22. The Labute approximate surface area is 127 Å². The zero-order valence-corrected chi connectivity index (χ0v) is 12.9. The Morgan fingerprint density at radius 2 is 1.95 bits per heavy atom. The van der Waals surface area contributed by atoms with Crippen molar-refractivity contribution in [3.63, 3.8) is 0 Å². The first-order valence-electron chi connectivity index (χ1n) is 6.28. The monoisotopic (exact) mass is 330 g/mol. The Balaban J connectivity index is 2.53. The van der Waals surface area contributed by atoms with E-state index in [2.05, 4.69) is 10.0 Å². The average Bonchev–Trinajstić information content (AvgIpc) is 2.46. The van der Waals surface area contributed by atoms with Gasteiger partial charge in [-0.1, -0.05) is 12.1 Å². The maximum absolute atomic E-state index is 12.0. The van der Waals surface area contributed by atoms with Gasteiger partial charge in [0.15, 0.2) is 5.69 Å². The largest absolute Gasteiger partial charge is 0.421 e. The molecule has 21 heavy (non-hydrogen) atoms. The van der Waals surface area contributed by atoms with Crippen molar-refractivity contribution in [3.05, 3.63) is 34.7 Å². The van der Waals surface area contributed by atoms with Crippen molar-refractivity contribution in [2.45, 2.75) is 6.42 Å². The summed E-state index contributed by atoms with van der Waals surface area (Å²) in [5.74, 6) is 0.0675. The van der Waals surface area contributed by atoms with E-state index in [0.29, 0.717) is 23.1 Å². The van der Waals surface area contributed by atoms with E-state index in [1.807, 2.05) is 0 Å². The van der Waals surface area contributed by atoms with Crippen LogP contribution in [0.15, 0.2) is 33.5 Å². The highest BCUT2D eigenvalue weighted by molar-refractivity contribution is 7.92. The molecule has 8 heteroatoms. The Bertz CT molecular complexity index is 801. The first kappa shape index (κ1) is 15.7. The molecule has 1 aromatic carbocycles. The molecule has 2 aromatic rings. The molecule has 2 rings (SSSR count). The summed E-state index contributed by atoms with van der Waals surface area (Å²) in [5, 5.41) is 3.47. The van der Waals surface area contributed by atoms with Crippen LogP contribution in [-0.2, 0) is 10.0 Å². The SMILES string of the molecule is CNc1c(NS(=O)(=O)CCCCl)c(=O)oc2ccccc12. The summed E-state index contributed by atoms with van der Waals surface area (Å²) >= 11 is 5.49. The second kappa shape index (κ2) is 6.36. The molecule has 1 aromatic heterocycles. The van der Waals surface area contributed by atoms with E-state index in [9.17, 15) is 13.2 Å². The van der Waals surface area contributed by atoms with E-state index >= 15 is 0 Å². The Kier molecular flexibility index (Phi) is 4.74. The molecule has 0 bridgehead atoms. The minimum absolute atomic E-state index is 0.120. The number of benzene rings is 1. The molecule has 114 valence electrons.